The molecule has 2 fully saturated rings. The molecule has 2 aliphatic rings. The number of benzene rings is 1. The van der Waals surface area contributed by atoms with Crippen molar-refractivity contribution in [3.05, 3.63) is 24.3 Å². The van der Waals surface area contributed by atoms with Gasteiger partial charge in [-0.15, -0.1) is 12.4 Å². The van der Waals surface area contributed by atoms with Crippen LogP contribution in [0, 0.1) is 11.8 Å². The summed E-state index contributed by atoms with van der Waals surface area (Å²) in [6, 6.07) is 7.60. The number of anilines is 2. The summed E-state index contributed by atoms with van der Waals surface area (Å²) in [5.41, 5.74) is 1.56. The van der Waals surface area contributed by atoms with Gasteiger partial charge >= 0.3 is 0 Å². The summed E-state index contributed by atoms with van der Waals surface area (Å²) >= 11 is 0. The fourth-order valence-corrected chi connectivity index (χ4v) is 3.74. The molecule has 2 aliphatic heterocycles. The molecule has 5 nitrogen and oxygen atoms in total. The summed E-state index contributed by atoms with van der Waals surface area (Å²) in [5.74, 6) is 1.10. The molecule has 0 aromatic heterocycles. The van der Waals surface area contributed by atoms with E-state index in [9.17, 15) is 9.59 Å². The molecule has 2 N–H and O–H groups in total. The molecule has 138 valence electrons. The van der Waals surface area contributed by atoms with Crippen LogP contribution in [-0.2, 0) is 9.59 Å². The summed E-state index contributed by atoms with van der Waals surface area (Å²) in [5, 5.41) is 6.44. The van der Waals surface area contributed by atoms with Gasteiger partial charge in [-0.25, -0.2) is 0 Å². The lowest BCUT2D eigenvalue weighted by Gasteiger charge is -2.28. The Labute approximate surface area is 155 Å². The van der Waals surface area contributed by atoms with Gasteiger partial charge in [-0.05, 0) is 56.3 Å². The van der Waals surface area contributed by atoms with Crippen molar-refractivity contribution in [3.63, 3.8) is 0 Å². The molecule has 2 amide bonds. The fourth-order valence-electron chi connectivity index (χ4n) is 3.74. The zero-order valence-electron chi connectivity index (χ0n) is 14.8. The smallest absolute Gasteiger partial charge is 0.227 e. The van der Waals surface area contributed by atoms with Gasteiger partial charge in [-0.1, -0.05) is 19.1 Å². The highest BCUT2D eigenvalue weighted by molar-refractivity contribution is 6.02. The van der Waals surface area contributed by atoms with Gasteiger partial charge in [0, 0.05) is 19.4 Å². The van der Waals surface area contributed by atoms with Crippen molar-refractivity contribution in [2.45, 2.75) is 39.0 Å². The normalized spacial score (nSPS) is 21.6. The SMILES string of the molecule is CC(CC(=O)Nc1ccccc1N1CCCC1=O)C1CCCNC1.Cl. The zero-order valence-corrected chi connectivity index (χ0v) is 15.6. The molecule has 0 radical (unpaired) electrons. The van der Waals surface area contributed by atoms with Crippen LogP contribution in [0.2, 0.25) is 0 Å². The molecular formula is C19H28ClN3O2. The molecule has 1 aromatic rings. The Morgan fingerprint density at radius 2 is 2.16 bits per heavy atom. The largest absolute Gasteiger partial charge is 0.324 e. The number of piperidine rings is 1. The van der Waals surface area contributed by atoms with Crippen LogP contribution in [0.4, 0.5) is 11.4 Å². The van der Waals surface area contributed by atoms with E-state index in [1.165, 1.54) is 12.8 Å². The molecule has 3 rings (SSSR count). The lowest BCUT2D eigenvalue weighted by atomic mass is 9.85. The van der Waals surface area contributed by atoms with Gasteiger partial charge in [0.15, 0.2) is 0 Å². The number of hydrogen-bond donors (Lipinski definition) is 2. The third-order valence-corrected chi connectivity index (χ3v) is 5.19. The molecule has 2 unspecified atom stereocenters. The number of nitrogens with one attached hydrogen (secondary N) is 2. The molecular weight excluding hydrogens is 338 g/mol. The van der Waals surface area contributed by atoms with E-state index >= 15 is 0 Å². The monoisotopic (exact) mass is 365 g/mol. The minimum Gasteiger partial charge on any atom is -0.324 e. The molecule has 0 saturated carbocycles. The van der Waals surface area contributed by atoms with Crippen LogP contribution in [0.5, 0.6) is 0 Å². The third kappa shape index (κ3) is 4.95. The van der Waals surface area contributed by atoms with Gasteiger partial charge in [0.1, 0.15) is 0 Å². The number of amides is 2. The van der Waals surface area contributed by atoms with Crippen LogP contribution >= 0.6 is 12.4 Å². The maximum absolute atomic E-state index is 12.5. The van der Waals surface area contributed by atoms with Crippen molar-refractivity contribution >= 4 is 35.6 Å². The standard InChI is InChI=1S/C19H27N3O2.ClH/c1-14(15-6-4-10-20-13-15)12-18(23)21-16-7-2-3-8-17(16)22-11-5-9-19(22)24;/h2-3,7-8,14-15,20H,4-6,9-13H2,1H3,(H,21,23);1H. The average Bonchev–Trinajstić information content (AvgIpc) is 3.02. The Morgan fingerprint density at radius 3 is 2.84 bits per heavy atom. The lowest BCUT2D eigenvalue weighted by Crippen LogP contribution is -2.34. The second-order valence-electron chi connectivity index (χ2n) is 7.00. The van der Waals surface area contributed by atoms with Crippen LogP contribution in [0.3, 0.4) is 0 Å². The van der Waals surface area contributed by atoms with Crippen molar-refractivity contribution in [1.29, 1.82) is 0 Å². The molecule has 0 bridgehead atoms. The van der Waals surface area contributed by atoms with Crippen LogP contribution in [-0.4, -0.2) is 31.4 Å². The summed E-state index contributed by atoms with van der Waals surface area (Å²) in [4.78, 5) is 26.3. The number of nitrogens with zero attached hydrogens (tertiary/aromatic N) is 1. The summed E-state index contributed by atoms with van der Waals surface area (Å²) in [7, 11) is 0. The quantitative estimate of drug-likeness (QED) is 0.842. The van der Waals surface area contributed by atoms with E-state index in [2.05, 4.69) is 17.6 Å². The van der Waals surface area contributed by atoms with E-state index in [1.54, 1.807) is 4.90 Å². The van der Waals surface area contributed by atoms with E-state index in [0.717, 1.165) is 37.4 Å². The number of halogens is 1. The molecule has 0 aliphatic carbocycles. The first kappa shape index (κ1) is 19.7. The van der Waals surface area contributed by atoms with E-state index < -0.39 is 0 Å². The first-order chi connectivity index (χ1) is 11.6. The van der Waals surface area contributed by atoms with E-state index in [-0.39, 0.29) is 24.2 Å². The Balaban J connectivity index is 0.00000225. The first-order valence-electron chi connectivity index (χ1n) is 9.05. The Morgan fingerprint density at radius 1 is 1.36 bits per heavy atom. The van der Waals surface area contributed by atoms with E-state index in [1.807, 2.05) is 24.3 Å². The first-order valence-corrected chi connectivity index (χ1v) is 9.05. The summed E-state index contributed by atoms with van der Waals surface area (Å²) in [6.07, 6.45) is 4.38. The number of rotatable bonds is 5. The zero-order chi connectivity index (χ0) is 16.9. The summed E-state index contributed by atoms with van der Waals surface area (Å²) < 4.78 is 0. The lowest BCUT2D eigenvalue weighted by molar-refractivity contribution is -0.118. The third-order valence-electron chi connectivity index (χ3n) is 5.19. The van der Waals surface area contributed by atoms with Crippen molar-refractivity contribution in [2.75, 3.05) is 29.9 Å². The minimum atomic E-state index is 0. The highest BCUT2D eigenvalue weighted by Crippen LogP contribution is 2.30. The Kier molecular flexibility index (Phi) is 7.26. The van der Waals surface area contributed by atoms with E-state index in [0.29, 0.717) is 24.7 Å². The number of carbonyl (C=O) groups excluding carboxylic acids is 2. The fraction of sp³-hybridized carbons (Fsp3) is 0.579. The second kappa shape index (κ2) is 9.20. The van der Waals surface area contributed by atoms with Gasteiger partial charge < -0.3 is 15.5 Å². The van der Waals surface area contributed by atoms with Crippen molar-refractivity contribution in [2.24, 2.45) is 11.8 Å². The predicted octanol–water partition coefficient (Wildman–Crippen LogP) is 3.20. The molecule has 6 heteroatoms. The highest BCUT2D eigenvalue weighted by Gasteiger charge is 2.25. The number of hydrogen-bond acceptors (Lipinski definition) is 3. The maximum atomic E-state index is 12.5. The van der Waals surface area contributed by atoms with Gasteiger partial charge in [0.2, 0.25) is 11.8 Å². The molecule has 2 saturated heterocycles. The van der Waals surface area contributed by atoms with Gasteiger partial charge in [-0.2, -0.15) is 0 Å². The van der Waals surface area contributed by atoms with Gasteiger partial charge in [-0.3, -0.25) is 9.59 Å². The Hall–Kier alpha value is -1.59. The topological polar surface area (TPSA) is 61.4 Å². The Bertz CT molecular complexity index is 602. The molecule has 1 aromatic carbocycles. The number of carbonyl (C=O) groups is 2. The van der Waals surface area contributed by atoms with Gasteiger partial charge in [0.05, 0.1) is 11.4 Å². The molecule has 0 spiro atoms. The van der Waals surface area contributed by atoms with Crippen molar-refractivity contribution < 1.29 is 9.59 Å². The summed E-state index contributed by atoms with van der Waals surface area (Å²) in [6.45, 7) is 4.99. The highest BCUT2D eigenvalue weighted by atomic mass is 35.5. The van der Waals surface area contributed by atoms with Crippen LogP contribution in [0.25, 0.3) is 0 Å². The second-order valence-corrected chi connectivity index (χ2v) is 7.00. The molecule has 2 heterocycles. The predicted molar refractivity (Wildman–Crippen MR) is 103 cm³/mol. The maximum Gasteiger partial charge on any atom is 0.227 e. The average molecular weight is 366 g/mol. The minimum absolute atomic E-state index is 0. The molecule has 25 heavy (non-hydrogen) atoms. The molecule has 2 atom stereocenters. The van der Waals surface area contributed by atoms with E-state index in [4.69, 9.17) is 0 Å². The van der Waals surface area contributed by atoms with Crippen molar-refractivity contribution in [1.82, 2.24) is 5.32 Å². The van der Waals surface area contributed by atoms with Crippen LogP contribution < -0.4 is 15.5 Å². The number of para-hydroxylation sites is 2. The van der Waals surface area contributed by atoms with Crippen LogP contribution in [0.15, 0.2) is 24.3 Å². The van der Waals surface area contributed by atoms with Crippen LogP contribution in [0.1, 0.15) is 39.0 Å². The van der Waals surface area contributed by atoms with Gasteiger partial charge in [0.25, 0.3) is 0 Å². The van der Waals surface area contributed by atoms with Crippen molar-refractivity contribution in [3.8, 4) is 0 Å².